The molecular weight excluding hydrogens is 368 g/mol. The zero-order valence-electron chi connectivity index (χ0n) is 16.6. The van der Waals surface area contributed by atoms with Gasteiger partial charge in [0.15, 0.2) is 6.10 Å². The fourth-order valence-corrected chi connectivity index (χ4v) is 4.16. The van der Waals surface area contributed by atoms with Crippen LogP contribution < -0.4 is 9.64 Å². The number of anilines is 1. The van der Waals surface area contributed by atoms with Crippen molar-refractivity contribution in [3.05, 3.63) is 54.1 Å². The number of likely N-dealkylation sites (tertiary alicyclic amines) is 1. The van der Waals surface area contributed by atoms with Crippen molar-refractivity contribution in [2.75, 3.05) is 24.5 Å². The number of amides is 2. The number of benzene rings is 2. The van der Waals surface area contributed by atoms with E-state index in [2.05, 4.69) is 0 Å². The second kappa shape index (κ2) is 8.15. The molecule has 2 aliphatic rings. The molecule has 6 nitrogen and oxygen atoms in total. The number of para-hydroxylation sites is 2. The summed E-state index contributed by atoms with van der Waals surface area (Å²) in [4.78, 5) is 28.9. The van der Waals surface area contributed by atoms with E-state index in [4.69, 9.17) is 4.74 Å². The molecule has 29 heavy (non-hydrogen) atoms. The van der Waals surface area contributed by atoms with Crippen molar-refractivity contribution in [1.29, 1.82) is 0 Å². The smallest absolute Gasteiger partial charge is 0.267 e. The third-order valence-corrected chi connectivity index (χ3v) is 5.84. The van der Waals surface area contributed by atoms with Crippen LogP contribution in [0.1, 0.15) is 37.7 Å². The molecule has 2 heterocycles. The molecule has 0 spiro atoms. The highest BCUT2D eigenvalue weighted by atomic mass is 16.5. The van der Waals surface area contributed by atoms with Crippen LogP contribution in [-0.2, 0) is 9.59 Å². The van der Waals surface area contributed by atoms with Crippen LogP contribution >= 0.6 is 0 Å². The molecule has 6 heteroatoms. The lowest BCUT2D eigenvalue weighted by atomic mass is 9.89. The molecule has 1 saturated heterocycles. The molecule has 1 fully saturated rings. The molecule has 0 radical (unpaired) electrons. The van der Waals surface area contributed by atoms with E-state index in [0.29, 0.717) is 37.7 Å². The maximum Gasteiger partial charge on any atom is 0.267 e. The van der Waals surface area contributed by atoms with Crippen LogP contribution in [0.4, 0.5) is 5.69 Å². The van der Waals surface area contributed by atoms with E-state index in [1.54, 1.807) is 24.0 Å². The molecule has 1 unspecified atom stereocenters. The Morgan fingerprint density at radius 2 is 1.79 bits per heavy atom. The Labute approximate surface area is 170 Å². The van der Waals surface area contributed by atoms with Gasteiger partial charge in [-0.2, -0.15) is 0 Å². The van der Waals surface area contributed by atoms with Gasteiger partial charge in [-0.05, 0) is 55.5 Å². The van der Waals surface area contributed by atoms with Crippen LogP contribution in [0.5, 0.6) is 11.5 Å². The van der Waals surface area contributed by atoms with E-state index < -0.39 is 6.10 Å². The van der Waals surface area contributed by atoms with Gasteiger partial charge in [-0.15, -0.1) is 0 Å². The lowest BCUT2D eigenvalue weighted by Gasteiger charge is -2.35. The Morgan fingerprint density at radius 3 is 2.52 bits per heavy atom. The fourth-order valence-electron chi connectivity index (χ4n) is 4.16. The standard InChI is InChI=1S/C23H26N2O4/c1-16-23(28)25(20-4-2-3-5-21(20)29-16)15-12-22(27)24-13-10-18(11-14-24)17-6-8-19(26)9-7-17/h2-9,16,18,26H,10-15H2,1H3. The molecule has 0 saturated carbocycles. The van der Waals surface area contributed by atoms with Gasteiger partial charge < -0.3 is 19.6 Å². The number of hydrogen-bond donors (Lipinski definition) is 1. The van der Waals surface area contributed by atoms with Gasteiger partial charge >= 0.3 is 0 Å². The molecule has 0 aliphatic carbocycles. The summed E-state index contributed by atoms with van der Waals surface area (Å²) in [5.74, 6) is 1.34. The van der Waals surface area contributed by atoms with Gasteiger partial charge in [0.2, 0.25) is 5.91 Å². The maximum atomic E-state index is 12.8. The molecule has 4 rings (SSSR count). The third kappa shape index (κ3) is 4.06. The molecule has 152 valence electrons. The third-order valence-electron chi connectivity index (χ3n) is 5.84. The Balaban J connectivity index is 1.34. The van der Waals surface area contributed by atoms with Crippen molar-refractivity contribution in [2.45, 2.75) is 38.2 Å². The van der Waals surface area contributed by atoms with Gasteiger partial charge in [0.25, 0.3) is 5.91 Å². The van der Waals surface area contributed by atoms with Crippen molar-refractivity contribution in [3.8, 4) is 11.5 Å². The van der Waals surface area contributed by atoms with E-state index in [9.17, 15) is 14.7 Å². The Hall–Kier alpha value is -3.02. The number of carbonyl (C=O) groups is 2. The van der Waals surface area contributed by atoms with E-state index in [1.807, 2.05) is 41.3 Å². The molecule has 0 bridgehead atoms. The quantitative estimate of drug-likeness (QED) is 0.864. The lowest BCUT2D eigenvalue weighted by molar-refractivity contribution is -0.132. The van der Waals surface area contributed by atoms with Crippen LogP contribution in [0.3, 0.4) is 0 Å². The average Bonchev–Trinajstić information content (AvgIpc) is 2.74. The first-order valence-corrected chi connectivity index (χ1v) is 10.2. The lowest BCUT2D eigenvalue weighted by Crippen LogP contribution is -2.46. The molecule has 1 atom stereocenters. The first kappa shape index (κ1) is 19.3. The van der Waals surface area contributed by atoms with Crippen LogP contribution in [0.25, 0.3) is 0 Å². The van der Waals surface area contributed by atoms with Gasteiger partial charge in [0.1, 0.15) is 11.5 Å². The number of hydrogen-bond acceptors (Lipinski definition) is 4. The van der Waals surface area contributed by atoms with Crippen molar-refractivity contribution in [2.24, 2.45) is 0 Å². The normalized spacial score (nSPS) is 19.6. The summed E-state index contributed by atoms with van der Waals surface area (Å²) in [6.07, 6.45) is 1.58. The number of piperidine rings is 1. The van der Waals surface area contributed by atoms with Crippen molar-refractivity contribution >= 4 is 17.5 Å². The molecule has 2 aromatic carbocycles. The van der Waals surface area contributed by atoms with Crippen LogP contribution in [-0.4, -0.2) is 47.6 Å². The molecule has 0 aromatic heterocycles. The zero-order valence-corrected chi connectivity index (χ0v) is 16.6. The van der Waals surface area contributed by atoms with Gasteiger partial charge in [-0.25, -0.2) is 0 Å². The highest BCUT2D eigenvalue weighted by Crippen LogP contribution is 2.34. The largest absolute Gasteiger partial charge is 0.508 e. The molecule has 2 amide bonds. The van der Waals surface area contributed by atoms with Crippen LogP contribution in [0.2, 0.25) is 0 Å². The highest BCUT2D eigenvalue weighted by Gasteiger charge is 2.32. The van der Waals surface area contributed by atoms with Gasteiger partial charge in [-0.1, -0.05) is 24.3 Å². The molecule has 1 N–H and O–H groups in total. The van der Waals surface area contributed by atoms with Crippen molar-refractivity contribution in [1.82, 2.24) is 4.90 Å². The second-order valence-corrected chi connectivity index (χ2v) is 7.71. The summed E-state index contributed by atoms with van der Waals surface area (Å²) >= 11 is 0. The summed E-state index contributed by atoms with van der Waals surface area (Å²) in [6, 6.07) is 14.8. The van der Waals surface area contributed by atoms with E-state index in [1.165, 1.54) is 5.56 Å². The first-order chi connectivity index (χ1) is 14.0. The number of rotatable bonds is 4. The number of phenolic OH excluding ortho intramolecular Hbond substituents is 1. The summed E-state index contributed by atoms with van der Waals surface area (Å²) < 4.78 is 5.66. The summed E-state index contributed by atoms with van der Waals surface area (Å²) in [7, 11) is 0. The number of phenols is 1. The van der Waals surface area contributed by atoms with Crippen molar-refractivity contribution in [3.63, 3.8) is 0 Å². The first-order valence-electron chi connectivity index (χ1n) is 10.2. The fraction of sp³-hybridized carbons (Fsp3) is 0.391. The number of carbonyl (C=O) groups excluding carboxylic acids is 2. The highest BCUT2D eigenvalue weighted by molar-refractivity contribution is 6.00. The number of ether oxygens (including phenoxy) is 1. The monoisotopic (exact) mass is 394 g/mol. The predicted octanol–water partition coefficient (Wildman–Crippen LogP) is 3.30. The number of fused-ring (bicyclic) bond motifs is 1. The van der Waals surface area contributed by atoms with Crippen LogP contribution in [0, 0.1) is 0 Å². The van der Waals surface area contributed by atoms with Gasteiger partial charge in [0.05, 0.1) is 5.69 Å². The topological polar surface area (TPSA) is 70.1 Å². The van der Waals surface area contributed by atoms with E-state index in [-0.39, 0.29) is 17.6 Å². The van der Waals surface area contributed by atoms with Crippen molar-refractivity contribution < 1.29 is 19.4 Å². The molecule has 2 aliphatic heterocycles. The second-order valence-electron chi connectivity index (χ2n) is 7.71. The number of nitrogens with zero attached hydrogens (tertiary/aromatic N) is 2. The Morgan fingerprint density at radius 1 is 1.10 bits per heavy atom. The van der Waals surface area contributed by atoms with Crippen LogP contribution in [0.15, 0.2) is 48.5 Å². The van der Waals surface area contributed by atoms with Gasteiger partial charge in [-0.3, -0.25) is 9.59 Å². The maximum absolute atomic E-state index is 12.8. The summed E-state index contributed by atoms with van der Waals surface area (Å²) in [5, 5.41) is 9.44. The summed E-state index contributed by atoms with van der Waals surface area (Å²) in [5.41, 5.74) is 1.94. The molecule has 2 aromatic rings. The minimum Gasteiger partial charge on any atom is -0.508 e. The van der Waals surface area contributed by atoms with Gasteiger partial charge in [0, 0.05) is 26.1 Å². The Kier molecular flexibility index (Phi) is 5.43. The van der Waals surface area contributed by atoms with E-state index >= 15 is 0 Å². The molecular formula is C23H26N2O4. The average molecular weight is 394 g/mol. The van der Waals surface area contributed by atoms with E-state index in [0.717, 1.165) is 18.5 Å². The zero-order chi connectivity index (χ0) is 20.4. The number of aromatic hydroxyl groups is 1. The minimum atomic E-state index is -0.541. The Bertz CT molecular complexity index is 888. The minimum absolute atomic E-state index is 0.0820. The summed E-state index contributed by atoms with van der Waals surface area (Å²) in [6.45, 7) is 3.53. The SMILES string of the molecule is CC1Oc2ccccc2N(CCC(=O)N2CCC(c3ccc(O)cc3)CC2)C1=O. The predicted molar refractivity (Wildman–Crippen MR) is 110 cm³/mol.